The molecule has 3 unspecified atom stereocenters. The fourth-order valence-electron chi connectivity index (χ4n) is 5.56. The molecule has 0 amide bonds. The third kappa shape index (κ3) is 3.52. The summed E-state index contributed by atoms with van der Waals surface area (Å²) in [7, 11) is 0. The fourth-order valence-corrected chi connectivity index (χ4v) is 5.56. The van der Waals surface area contributed by atoms with Gasteiger partial charge in [-0.3, -0.25) is 9.89 Å². The number of rotatable bonds is 4. The van der Waals surface area contributed by atoms with Crippen molar-refractivity contribution >= 4 is 5.96 Å². The van der Waals surface area contributed by atoms with Gasteiger partial charge in [0.2, 0.25) is 6.79 Å². The predicted octanol–water partition coefficient (Wildman–Crippen LogP) is 2.31. The maximum Gasteiger partial charge on any atom is 0.231 e. The topological polar surface area (TPSA) is 58.6 Å². The van der Waals surface area contributed by atoms with Crippen LogP contribution in [0.15, 0.2) is 23.2 Å². The largest absolute Gasteiger partial charge is 0.454 e. The smallest absolute Gasteiger partial charge is 0.231 e. The van der Waals surface area contributed by atoms with Crippen LogP contribution >= 0.6 is 0 Å². The van der Waals surface area contributed by atoms with Gasteiger partial charge in [0.05, 0.1) is 6.10 Å². The normalized spacial score (nSPS) is 30.2. The molecule has 1 N–H and O–H groups in total. The molecule has 1 saturated carbocycles. The fraction of sp³-hybridized carbons (Fsp3) is 0.696. The van der Waals surface area contributed by atoms with E-state index in [4.69, 9.17) is 19.2 Å². The average Bonchev–Trinajstić information content (AvgIpc) is 3.39. The van der Waals surface area contributed by atoms with Gasteiger partial charge in [-0.25, -0.2) is 0 Å². The van der Waals surface area contributed by atoms with Gasteiger partial charge in [0, 0.05) is 63.3 Å². The van der Waals surface area contributed by atoms with Gasteiger partial charge >= 0.3 is 0 Å². The van der Waals surface area contributed by atoms with Gasteiger partial charge < -0.3 is 24.4 Å². The van der Waals surface area contributed by atoms with E-state index in [-0.39, 0.29) is 5.41 Å². The maximum atomic E-state index is 5.97. The first-order chi connectivity index (χ1) is 14.6. The van der Waals surface area contributed by atoms with Crippen molar-refractivity contribution in [3.63, 3.8) is 0 Å². The van der Waals surface area contributed by atoms with Crippen LogP contribution in [-0.4, -0.2) is 74.0 Å². The highest BCUT2D eigenvalue weighted by Gasteiger charge is 2.59. The minimum Gasteiger partial charge on any atom is -0.454 e. The van der Waals surface area contributed by atoms with Crippen LogP contribution in [0.2, 0.25) is 0 Å². The van der Waals surface area contributed by atoms with Crippen molar-refractivity contribution in [2.75, 3.05) is 46.1 Å². The Labute approximate surface area is 179 Å². The summed E-state index contributed by atoms with van der Waals surface area (Å²) in [5.41, 5.74) is 1.44. The second kappa shape index (κ2) is 7.93. The number of fused-ring (bicyclic) bond motifs is 2. The summed E-state index contributed by atoms with van der Waals surface area (Å²) in [5.74, 6) is 3.41. The van der Waals surface area contributed by atoms with Gasteiger partial charge in [0.15, 0.2) is 17.5 Å². The minimum atomic E-state index is 0.164. The molecule has 1 aromatic rings. The van der Waals surface area contributed by atoms with Crippen LogP contribution in [0.4, 0.5) is 0 Å². The van der Waals surface area contributed by atoms with Gasteiger partial charge in [0.1, 0.15) is 0 Å². The second-order valence-electron chi connectivity index (χ2n) is 9.44. The highest BCUT2D eigenvalue weighted by molar-refractivity contribution is 5.80. The van der Waals surface area contributed by atoms with Crippen molar-refractivity contribution in [1.82, 2.24) is 15.1 Å². The van der Waals surface area contributed by atoms with Crippen LogP contribution in [0.3, 0.4) is 0 Å². The summed E-state index contributed by atoms with van der Waals surface area (Å²) in [5, 5.41) is 3.83. The number of hydrogen-bond donors (Lipinski definition) is 1. The van der Waals surface area contributed by atoms with Crippen molar-refractivity contribution in [3.8, 4) is 11.5 Å². The number of aliphatic imine (C=N–C) groups is 1. The van der Waals surface area contributed by atoms with E-state index in [1.54, 1.807) is 0 Å². The molecule has 1 aromatic carbocycles. The number of guanidine groups is 1. The Morgan fingerprint density at radius 3 is 2.77 bits per heavy atom. The number of ether oxygens (including phenoxy) is 3. The Balaban J connectivity index is 1.18. The molecule has 2 saturated heterocycles. The molecule has 164 valence electrons. The molecule has 5 rings (SSSR count). The first kappa shape index (κ1) is 19.9. The van der Waals surface area contributed by atoms with Gasteiger partial charge in [-0.05, 0) is 31.0 Å². The van der Waals surface area contributed by atoms with Crippen LogP contribution < -0.4 is 14.8 Å². The van der Waals surface area contributed by atoms with E-state index in [1.165, 1.54) is 5.56 Å². The van der Waals surface area contributed by atoms with Crippen molar-refractivity contribution in [2.45, 2.75) is 45.9 Å². The molecule has 4 aliphatic rings. The molecule has 1 aliphatic carbocycles. The Morgan fingerprint density at radius 2 is 1.97 bits per heavy atom. The molecule has 3 fully saturated rings. The van der Waals surface area contributed by atoms with Crippen LogP contribution in [-0.2, 0) is 11.3 Å². The zero-order valence-electron chi connectivity index (χ0n) is 18.4. The molecular formula is C23H34N4O3. The third-order valence-electron chi connectivity index (χ3n) is 7.21. The van der Waals surface area contributed by atoms with Crippen LogP contribution in [0.25, 0.3) is 0 Å². The lowest BCUT2D eigenvalue weighted by atomic mass is 9.57. The van der Waals surface area contributed by atoms with E-state index in [1.807, 2.05) is 6.07 Å². The molecule has 0 spiro atoms. The number of piperazine rings is 1. The molecule has 3 atom stereocenters. The lowest BCUT2D eigenvalue weighted by Crippen LogP contribution is -2.68. The molecule has 0 bridgehead atoms. The van der Waals surface area contributed by atoms with Gasteiger partial charge in [0.25, 0.3) is 0 Å². The summed E-state index contributed by atoms with van der Waals surface area (Å²) < 4.78 is 16.9. The minimum absolute atomic E-state index is 0.164. The van der Waals surface area contributed by atoms with E-state index < -0.39 is 0 Å². The van der Waals surface area contributed by atoms with E-state index in [2.05, 4.69) is 48.0 Å². The van der Waals surface area contributed by atoms with Crippen molar-refractivity contribution < 1.29 is 14.2 Å². The quantitative estimate of drug-likeness (QED) is 0.603. The molecule has 0 aromatic heterocycles. The molecule has 7 heteroatoms. The molecule has 30 heavy (non-hydrogen) atoms. The third-order valence-corrected chi connectivity index (χ3v) is 7.21. The summed E-state index contributed by atoms with van der Waals surface area (Å²) in [6, 6.07) is 6.72. The molecule has 0 radical (unpaired) electrons. The van der Waals surface area contributed by atoms with E-state index in [0.717, 1.165) is 69.8 Å². The van der Waals surface area contributed by atoms with Crippen LogP contribution in [0.5, 0.6) is 11.5 Å². The molecule has 3 aliphatic heterocycles. The predicted molar refractivity (Wildman–Crippen MR) is 116 cm³/mol. The molecular weight excluding hydrogens is 380 g/mol. The lowest BCUT2D eigenvalue weighted by molar-refractivity contribution is -0.107. The second-order valence-corrected chi connectivity index (χ2v) is 9.44. The standard InChI is InChI=1S/C23H34N4O3/c1-4-24-22(25-20-17-7-12-28-21(17)23(20,2)3)27-10-8-26(9-11-27)14-16-5-6-18-19(13-16)30-15-29-18/h5-6,13,17,20-21H,4,7-12,14-15H2,1-3H3,(H,24,25). The van der Waals surface area contributed by atoms with Crippen LogP contribution in [0.1, 0.15) is 32.8 Å². The highest BCUT2D eigenvalue weighted by atomic mass is 16.7. The Kier molecular flexibility index (Phi) is 5.27. The van der Waals surface area contributed by atoms with Crippen LogP contribution in [0, 0.1) is 11.3 Å². The Bertz CT molecular complexity index is 804. The van der Waals surface area contributed by atoms with E-state index in [9.17, 15) is 0 Å². The number of hydrogen-bond acceptors (Lipinski definition) is 5. The first-order valence-corrected chi connectivity index (χ1v) is 11.3. The average molecular weight is 415 g/mol. The van der Waals surface area contributed by atoms with Crippen molar-refractivity contribution in [1.29, 1.82) is 0 Å². The Morgan fingerprint density at radius 1 is 1.17 bits per heavy atom. The van der Waals surface area contributed by atoms with Gasteiger partial charge in [-0.2, -0.15) is 0 Å². The summed E-state index contributed by atoms with van der Waals surface area (Å²) in [6.45, 7) is 13.8. The van der Waals surface area contributed by atoms with Gasteiger partial charge in [-0.15, -0.1) is 0 Å². The number of benzene rings is 1. The Hall–Kier alpha value is -1.99. The van der Waals surface area contributed by atoms with Crippen molar-refractivity contribution in [3.05, 3.63) is 23.8 Å². The molecule has 7 nitrogen and oxygen atoms in total. The van der Waals surface area contributed by atoms with Crippen molar-refractivity contribution in [2.24, 2.45) is 16.3 Å². The summed E-state index contributed by atoms with van der Waals surface area (Å²) in [6.07, 6.45) is 1.56. The lowest BCUT2D eigenvalue weighted by Gasteiger charge is -2.55. The number of nitrogens with one attached hydrogen (secondary N) is 1. The highest BCUT2D eigenvalue weighted by Crippen LogP contribution is 2.52. The maximum absolute atomic E-state index is 5.97. The van der Waals surface area contributed by atoms with E-state index >= 15 is 0 Å². The SMILES string of the molecule is CCN=C(NC1C2CCOC2C1(C)C)N1CCN(Cc2ccc3c(c2)OCO3)CC1. The first-order valence-electron chi connectivity index (χ1n) is 11.3. The zero-order valence-corrected chi connectivity index (χ0v) is 18.4. The summed E-state index contributed by atoms with van der Waals surface area (Å²) in [4.78, 5) is 9.77. The van der Waals surface area contributed by atoms with Gasteiger partial charge in [-0.1, -0.05) is 19.9 Å². The molecule has 3 heterocycles. The summed E-state index contributed by atoms with van der Waals surface area (Å²) >= 11 is 0. The zero-order chi connectivity index (χ0) is 20.7. The van der Waals surface area contributed by atoms with E-state index in [0.29, 0.717) is 24.9 Å². The monoisotopic (exact) mass is 414 g/mol. The number of nitrogens with zero attached hydrogens (tertiary/aromatic N) is 3.